The molecule has 0 saturated carbocycles. The van der Waals surface area contributed by atoms with E-state index in [0.29, 0.717) is 6.04 Å². The number of hydrogen-bond donors (Lipinski definition) is 1. The molecule has 128 valence electrons. The van der Waals surface area contributed by atoms with Crippen molar-refractivity contribution in [3.8, 4) is 0 Å². The van der Waals surface area contributed by atoms with Crippen molar-refractivity contribution in [1.29, 1.82) is 0 Å². The first-order valence-corrected chi connectivity index (χ1v) is 9.52. The number of nitrogens with one attached hydrogen (secondary N) is 1. The van der Waals surface area contributed by atoms with Crippen LogP contribution in [0, 0.1) is 5.92 Å². The van der Waals surface area contributed by atoms with Crippen LogP contribution in [-0.2, 0) is 6.42 Å². The summed E-state index contributed by atoms with van der Waals surface area (Å²) < 4.78 is 0. The largest absolute Gasteiger partial charge is 0.314 e. The fourth-order valence-corrected chi connectivity index (χ4v) is 4.05. The third kappa shape index (κ3) is 4.56. The maximum absolute atomic E-state index is 3.47. The number of benzene rings is 1. The molecule has 0 aromatic heterocycles. The Morgan fingerprint density at radius 2 is 1.87 bits per heavy atom. The van der Waals surface area contributed by atoms with E-state index in [-0.39, 0.29) is 0 Å². The SMILES string of the molecule is CCc1ccc(C(CN2CCNCC2)N2CCCC(C)C2)cc1. The van der Waals surface area contributed by atoms with Crippen LogP contribution in [0.1, 0.15) is 43.9 Å². The topological polar surface area (TPSA) is 18.5 Å². The van der Waals surface area contributed by atoms with Gasteiger partial charge >= 0.3 is 0 Å². The molecule has 1 N–H and O–H groups in total. The molecule has 0 amide bonds. The summed E-state index contributed by atoms with van der Waals surface area (Å²) in [5.74, 6) is 0.837. The molecule has 2 saturated heterocycles. The van der Waals surface area contributed by atoms with Gasteiger partial charge in [0.15, 0.2) is 0 Å². The molecule has 3 rings (SSSR count). The summed E-state index contributed by atoms with van der Waals surface area (Å²) in [6.45, 7) is 13.0. The number of likely N-dealkylation sites (tertiary alicyclic amines) is 1. The molecule has 3 nitrogen and oxygen atoms in total. The predicted octanol–water partition coefficient (Wildman–Crippen LogP) is 2.93. The van der Waals surface area contributed by atoms with Gasteiger partial charge in [-0.1, -0.05) is 38.1 Å². The Labute approximate surface area is 142 Å². The second-order valence-corrected chi connectivity index (χ2v) is 7.40. The number of piperazine rings is 1. The Kier molecular flexibility index (Phi) is 6.09. The van der Waals surface area contributed by atoms with Gasteiger partial charge in [-0.05, 0) is 42.9 Å². The molecule has 2 aliphatic heterocycles. The maximum atomic E-state index is 3.47. The third-order valence-electron chi connectivity index (χ3n) is 5.54. The predicted molar refractivity (Wildman–Crippen MR) is 97.8 cm³/mol. The molecule has 2 fully saturated rings. The first-order valence-electron chi connectivity index (χ1n) is 9.52. The van der Waals surface area contributed by atoms with Crippen LogP contribution in [0.4, 0.5) is 0 Å². The van der Waals surface area contributed by atoms with E-state index in [1.807, 2.05) is 0 Å². The number of hydrogen-bond acceptors (Lipinski definition) is 3. The van der Waals surface area contributed by atoms with Gasteiger partial charge in [0.1, 0.15) is 0 Å². The van der Waals surface area contributed by atoms with Crippen molar-refractivity contribution in [1.82, 2.24) is 15.1 Å². The van der Waals surface area contributed by atoms with Crippen LogP contribution in [-0.4, -0.2) is 55.6 Å². The average molecular weight is 316 g/mol. The Morgan fingerprint density at radius 3 is 2.52 bits per heavy atom. The van der Waals surface area contributed by atoms with Gasteiger partial charge in [-0.25, -0.2) is 0 Å². The van der Waals surface area contributed by atoms with Crippen LogP contribution in [0.25, 0.3) is 0 Å². The Balaban J connectivity index is 1.76. The molecule has 2 heterocycles. The lowest BCUT2D eigenvalue weighted by atomic mass is 9.95. The third-order valence-corrected chi connectivity index (χ3v) is 5.54. The first-order chi connectivity index (χ1) is 11.3. The fourth-order valence-electron chi connectivity index (χ4n) is 4.05. The lowest BCUT2D eigenvalue weighted by molar-refractivity contribution is 0.0912. The second-order valence-electron chi connectivity index (χ2n) is 7.40. The van der Waals surface area contributed by atoms with Crippen LogP contribution < -0.4 is 5.32 Å². The number of nitrogens with zero attached hydrogens (tertiary/aromatic N) is 2. The molecule has 23 heavy (non-hydrogen) atoms. The van der Waals surface area contributed by atoms with Gasteiger partial charge in [-0.15, -0.1) is 0 Å². The highest BCUT2D eigenvalue weighted by Crippen LogP contribution is 2.28. The monoisotopic (exact) mass is 315 g/mol. The minimum atomic E-state index is 0.557. The fraction of sp³-hybridized carbons (Fsp3) is 0.700. The molecule has 3 heteroatoms. The molecule has 0 aliphatic carbocycles. The van der Waals surface area contributed by atoms with Crippen molar-refractivity contribution in [2.45, 2.75) is 39.2 Å². The minimum Gasteiger partial charge on any atom is -0.314 e. The van der Waals surface area contributed by atoms with Gasteiger partial charge in [0.25, 0.3) is 0 Å². The molecule has 2 atom stereocenters. The smallest absolute Gasteiger partial charge is 0.0475 e. The van der Waals surface area contributed by atoms with Gasteiger partial charge in [-0.2, -0.15) is 0 Å². The van der Waals surface area contributed by atoms with Crippen molar-refractivity contribution < 1.29 is 0 Å². The lowest BCUT2D eigenvalue weighted by Gasteiger charge is -2.40. The Bertz CT molecular complexity index is 464. The molecule has 1 aromatic carbocycles. The van der Waals surface area contributed by atoms with E-state index in [0.717, 1.165) is 25.4 Å². The van der Waals surface area contributed by atoms with Crippen LogP contribution in [0.2, 0.25) is 0 Å². The number of piperidine rings is 1. The Hall–Kier alpha value is -0.900. The highest BCUT2D eigenvalue weighted by molar-refractivity contribution is 5.25. The standard InChI is InChI=1S/C20H33N3/c1-3-18-6-8-19(9-7-18)20(16-22-13-10-21-11-14-22)23-12-4-5-17(2)15-23/h6-9,17,20-21H,3-5,10-16H2,1-2H3. The van der Waals surface area contributed by atoms with Gasteiger partial charge in [-0.3, -0.25) is 9.80 Å². The molecular formula is C20H33N3. The van der Waals surface area contributed by atoms with Crippen molar-refractivity contribution >= 4 is 0 Å². The first kappa shape index (κ1) is 16.9. The zero-order chi connectivity index (χ0) is 16.1. The second kappa shape index (κ2) is 8.27. The van der Waals surface area contributed by atoms with E-state index in [2.05, 4.69) is 53.2 Å². The highest BCUT2D eigenvalue weighted by atomic mass is 15.2. The highest BCUT2D eigenvalue weighted by Gasteiger charge is 2.27. The zero-order valence-electron chi connectivity index (χ0n) is 14.9. The van der Waals surface area contributed by atoms with E-state index < -0.39 is 0 Å². The molecular weight excluding hydrogens is 282 g/mol. The number of rotatable bonds is 5. The van der Waals surface area contributed by atoms with E-state index in [1.54, 1.807) is 0 Å². The minimum absolute atomic E-state index is 0.557. The number of aryl methyl sites for hydroxylation is 1. The summed E-state index contributed by atoms with van der Waals surface area (Å²) in [5.41, 5.74) is 2.96. The van der Waals surface area contributed by atoms with Crippen LogP contribution in [0.3, 0.4) is 0 Å². The van der Waals surface area contributed by atoms with Crippen LogP contribution in [0.15, 0.2) is 24.3 Å². The van der Waals surface area contributed by atoms with Crippen molar-refractivity contribution in [3.05, 3.63) is 35.4 Å². The van der Waals surface area contributed by atoms with E-state index >= 15 is 0 Å². The van der Waals surface area contributed by atoms with Crippen LogP contribution in [0.5, 0.6) is 0 Å². The lowest BCUT2D eigenvalue weighted by Crippen LogP contribution is -2.48. The van der Waals surface area contributed by atoms with Crippen molar-refractivity contribution in [2.75, 3.05) is 45.8 Å². The average Bonchev–Trinajstić information content (AvgIpc) is 2.61. The van der Waals surface area contributed by atoms with Crippen LogP contribution >= 0.6 is 0 Å². The summed E-state index contributed by atoms with van der Waals surface area (Å²) in [5, 5.41) is 3.47. The Morgan fingerprint density at radius 1 is 1.13 bits per heavy atom. The summed E-state index contributed by atoms with van der Waals surface area (Å²) in [6.07, 6.45) is 3.88. The van der Waals surface area contributed by atoms with Crippen molar-refractivity contribution in [2.24, 2.45) is 5.92 Å². The molecule has 2 aliphatic rings. The molecule has 0 spiro atoms. The van der Waals surface area contributed by atoms with E-state index in [4.69, 9.17) is 0 Å². The summed E-state index contributed by atoms with van der Waals surface area (Å²) in [4.78, 5) is 5.39. The maximum Gasteiger partial charge on any atom is 0.0475 e. The van der Waals surface area contributed by atoms with Gasteiger partial charge in [0.2, 0.25) is 0 Å². The normalized spacial score (nSPS) is 25.4. The van der Waals surface area contributed by atoms with Crippen molar-refractivity contribution in [3.63, 3.8) is 0 Å². The van der Waals surface area contributed by atoms with E-state index in [9.17, 15) is 0 Å². The summed E-state index contributed by atoms with van der Waals surface area (Å²) in [7, 11) is 0. The summed E-state index contributed by atoms with van der Waals surface area (Å²) >= 11 is 0. The molecule has 0 radical (unpaired) electrons. The summed E-state index contributed by atoms with van der Waals surface area (Å²) in [6, 6.07) is 9.97. The molecule has 2 unspecified atom stereocenters. The molecule has 0 bridgehead atoms. The van der Waals surface area contributed by atoms with E-state index in [1.165, 1.54) is 56.7 Å². The zero-order valence-corrected chi connectivity index (χ0v) is 14.9. The van der Waals surface area contributed by atoms with Gasteiger partial charge in [0, 0.05) is 45.3 Å². The van der Waals surface area contributed by atoms with Gasteiger partial charge in [0.05, 0.1) is 0 Å². The molecule has 1 aromatic rings. The van der Waals surface area contributed by atoms with Gasteiger partial charge < -0.3 is 5.32 Å². The quantitative estimate of drug-likeness (QED) is 0.901.